The third kappa shape index (κ3) is 4.91. The first-order valence-corrected chi connectivity index (χ1v) is 11.2. The van der Waals surface area contributed by atoms with Gasteiger partial charge in [0.15, 0.2) is 0 Å². The largest absolute Gasteiger partial charge is 0.380 e. The Morgan fingerprint density at radius 2 is 1.17 bits per heavy atom. The number of rotatable bonds is 6. The average molecular weight is 397 g/mol. The fourth-order valence-corrected chi connectivity index (χ4v) is 4.68. The second-order valence-corrected chi connectivity index (χ2v) is 8.47. The third-order valence-electron chi connectivity index (χ3n) is 6.44. The first-order chi connectivity index (χ1) is 14.8. The molecule has 0 saturated heterocycles. The third-order valence-corrected chi connectivity index (χ3v) is 6.44. The van der Waals surface area contributed by atoms with Crippen molar-refractivity contribution in [2.24, 2.45) is 5.92 Å². The van der Waals surface area contributed by atoms with Gasteiger partial charge in [0.2, 0.25) is 0 Å². The van der Waals surface area contributed by atoms with E-state index in [0.717, 1.165) is 11.8 Å². The molecule has 0 spiro atoms. The van der Waals surface area contributed by atoms with E-state index in [9.17, 15) is 0 Å². The molecule has 1 aliphatic rings. The van der Waals surface area contributed by atoms with Crippen LogP contribution in [0.5, 0.6) is 0 Å². The first kappa shape index (κ1) is 20.6. The zero-order valence-corrected chi connectivity index (χ0v) is 18.2. The van der Waals surface area contributed by atoms with Crippen molar-refractivity contribution >= 4 is 0 Å². The molecule has 0 unspecified atom stereocenters. The summed E-state index contributed by atoms with van der Waals surface area (Å²) in [6.07, 6.45) is 9.87. The molecule has 0 aliphatic heterocycles. The molecular weight excluding hydrogens is 364 g/mol. The van der Waals surface area contributed by atoms with Crippen molar-refractivity contribution in [1.29, 1.82) is 0 Å². The lowest BCUT2D eigenvalue weighted by Crippen LogP contribution is -2.11. The zero-order chi connectivity index (χ0) is 20.8. The summed E-state index contributed by atoms with van der Waals surface area (Å²) in [7, 11) is 1.73. The van der Waals surface area contributed by atoms with E-state index in [-0.39, 0.29) is 0 Å². The normalized spacial score (nSPS) is 19.3. The van der Waals surface area contributed by atoms with Crippen molar-refractivity contribution in [3.63, 3.8) is 0 Å². The molecule has 0 heterocycles. The summed E-state index contributed by atoms with van der Waals surface area (Å²) in [5.41, 5.74) is 7.77. The van der Waals surface area contributed by atoms with Gasteiger partial charge in [0.25, 0.3) is 0 Å². The van der Waals surface area contributed by atoms with Crippen LogP contribution in [0.25, 0.3) is 22.3 Å². The smallest absolute Gasteiger partial charge is 0.0713 e. The molecule has 1 aliphatic carbocycles. The highest BCUT2D eigenvalue weighted by Crippen LogP contribution is 2.37. The average Bonchev–Trinajstić information content (AvgIpc) is 2.81. The Bertz CT molecular complexity index is 941. The van der Waals surface area contributed by atoms with Crippen molar-refractivity contribution in [3.05, 3.63) is 96.1 Å². The maximum Gasteiger partial charge on any atom is 0.0713 e. The van der Waals surface area contributed by atoms with Crippen LogP contribution in [-0.2, 0) is 11.3 Å². The molecule has 0 bridgehead atoms. The van der Waals surface area contributed by atoms with Gasteiger partial charge in [-0.3, -0.25) is 0 Å². The number of methoxy groups -OCH3 is 1. The number of hydrogen-bond donors (Lipinski definition) is 0. The SMILES string of the molecule is CC=C[C@H]1CC[C@H](c2ccc(-c3ccc(-c4ccc(COC)cc4)cc3)cc2)CC1. The van der Waals surface area contributed by atoms with Gasteiger partial charge in [0.1, 0.15) is 0 Å². The van der Waals surface area contributed by atoms with Crippen LogP contribution in [0.1, 0.15) is 49.7 Å². The van der Waals surface area contributed by atoms with Gasteiger partial charge in [-0.15, -0.1) is 0 Å². The quantitative estimate of drug-likeness (QED) is 0.383. The van der Waals surface area contributed by atoms with Crippen LogP contribution in [0.3, 0.4) is 0 Å². The second-order valence-electron chi connectivity index (χ2n) is 8.47. The highest BCUT2D eigenvalue weighted by Gasteiger charge is 2.20. The summed E-state index contributed by atoms with van der Waals surface area (Å²) in [4.78, 5) is 0. The molecular formula is C29H32O. The van der Waals surface area contributed by atoms with Crippen molar-refractivity contribution in [2.75, 3.05) is 7.11 Å². The topological polar surface area (TPSA) is 9.23 Å². The van der Waals surface area contributed by atoms with Gasteiger partial charge in [0, 0.05) is 7.11 Å². The minimum atomic E-state index is 0.659. The first-order valence-electron chi connectivity index (χ1n) is 11.2. The number of ether oxygens (including phenoxy) is 1. The summed E-state index contributed by atoms with van der Waals surface area (Å²) < 4.78 is 5.20. The molecule has 154 valence electrons. The lowest BCUT2D eigenvalue weighted by Gasteiger charge is -2.27. The molecule has 0 N–H and O–H groups in total. The Hall–Kier alpha value is -2.64. The van der Waals surface area contributed by atoms with Crippen molar-refractivity contribution < 1.29 is 4.74 Å². The van der Waals surface area contributed by atoms with Crippen molar-refractivity contribution in [1.82, 2.24) is 0 Å². The van der Waals surface area contributed by atoms with Gasteiger partial charge in [-0.2, -0.15) is 0 Å². The lowest BCUT2D eigenvalue weighted by molar-refractivity contribution is 0.185. The summed E-state index contributed by atoms with van der Waals surface area (Å²) in [6, 6.07) is 26.8. The van der Waals surface area contributed by atoms with Crippen LogP contribution in [0.15, 0.2) is 84.9 Å². The molecule has 1 saturated carbocycles. The summed E-state index contributed by atoms with van der Waals surface area (Å²) in [6.45, 7) is 2.79. The molecule has 30 heavy (non-hydrogen) atoms. The Kier molecular flexibility index (Phi) is 6.81. The fraction of sp³-hybridized carbons (Fsp3) is 0.310. The zero-order valence-electron chi connectivity index (χ0n) is 18.2. The van der Waals surface area contributed by atoms with Gasteiger partial charge >= 0.3 is 0 Å². The summed E-state index contributed by atoms with van der Waals surface area (Å²) in [5, 5.41) is 0. The maximum absolute atomic E-state index is 5.20. The number of allylic oxidation sites excluding steroid dienone is 2. The van der Waals surface area contributed by atoms with E-state index in [4.69, 9.17) is 4.74 Å². The van der Waals surface area contributed by atoms with E-state index >= 15 is 0 Å². The predicted molar refractivity (Wildman–Crippen MR) is 128 cm³/mol. The molecule has 0 amide bonds. The molecule has 0 radical (unpaired) electrons. The Morgan fingerprint density at radius 3 is 1.63 bits per heavy atom. The maximum atomic E-state index is 5.20. The highest BCUT2D eigenvalue weighted by molar-refractivity contribution is 5.70. The predicted octanol–water partition coefficient (Wildman–Crippen LogP) is 8.02. The van der Waals surface area contributed by atoms with Crippen molar-refractivity contribution in [2.45, 2.75) is 45.1 Å². The van der Waals surface area contributed by atoms with Crippen LogP contribution in [0, 0.1) is 5.92 Å². The number of hydrogen-bond acceptors (Lipinski definition) is 1. The van der Waals surface area contributed by atoms with E-state index in [1.807, 2.05) is 0 Å². The Morgan fingerprint density at radius 1 is 0.700 bits per heavy atom. The summed E-state index contributed by atoms with van der Waals surface area (Å²) >= 11 is 0. The van der Waals surface area contributed by atoms with Crippen LogP contribution in [-0.4, -0.2) is 7.11 Å². The molecule has 1 heteroatoms. The molecule has 1 fully saturated rings. The highest BCUT2D eigenvalue weighted by atomic mass is 16.5. The molecule has 3 aromatic carbocycles. The van der Waals surface area contributed by atoms with Gasteiger partial charge in [-0.05, 0) is 77.8 Å². The van der Waals surface area contributed by atoms with Gasteiger partial charge in [0.05, 0.1) is 6.61 Å². The summed E-state index contributed by atoms with van der Waals surface area (Å²) in [5.74, 6) is 1.52. The van der Waals surface area contributed by atoms with E-state index < -0.39 is 0 Å². The Balaban J connectivity index is 1.42. The van der Waals surface area contributed by atoms with Crippen LogP contribution in [0.4, 0.5) is 0 Å². The molecule has 0 atom stereocenters. The lowest BCUT2D eigenvalue weighted by atomic mass is 9.78. The van der Waals surface area contributed by atoms with Gasteiger partial charge < -0.3 is 4.74 Å². The number of benzene rings is 3. The van der Waals surface area contributed by atoms with Crippen LogP contribution in [0.2, 0.25) is 0 Å². The Labute approximate surface area is 181 Å². The minimum absolute atomic E-state index is 0.659. The van der Waals surface area contributed by atoms with Crippen molar-refractivity contribution in [3.8, 4) is 22.3 Å². The molecule has 3 aromatic rings. The van der Waals surface area contributed by atoms with Crippen LogP contribution < -0.4 is 0 Å². The minimum Gasteiger partial charge on any atom is -0.380 e. The molecule has 4 rings (SSSR count). The van der Waals surface area contributed by atoms with E-state index in [1.165, 1.54) is 59.1 Å². The monoisotopic (exact) mass is 396 g/mol. The van der Waals surface area contributed by atoms with E-state index in [2.05, 4.69) is 91.9 Å². The van der Waals surface area contributed by atoms with E-state index in [1.54, 1.807) is 7.11 Å². The van der Waals surface area contributed by atoms with Gasteiger partial charge in [-0.25, -0.2) is 0 Å². The van der Waals surface area contributed by atoms with Gasteiger partial charge in [-0.1, -0.05) is 84.9 Å². The molecule has 0 aromatic heterocycles. The second kappa shape index (κ2) is 9.91. The van der Waals surface area contributed by atoms with Crippen LogP contribution >= 0.6 is 0 Å². The molecule has 1 nitrogen and oxygen atoms in total. The standard InChI is InChI=1S/C29H32O/c1-3-4-22-5-9-24(10-6-22)26-13-17-28(18-14-26)29-19-15-27(16-20-29)25-11-7-23(8-12-25)21-30-2/h3-4,7-8,11-20,22,24H,5-6,9-10,21H2,1-2H3/t22-,24-. The van der Waals surface area contributed by atoms with E-state index in [0.29, 0.717) is 6.61 Å². The fourth-order valence-electron chi connectivity index (χ4n) is 4.68.